The van der Waals surface area contributed by atoms with Crippen LogP contribution >= 0.6 is 0 Å². The Hall–Kier alpha value is -0.570. The molecule has 0 aliphatic rings. The maximum atomic E-state index is 12.4. The van der Waals surface area contributed by atoms with Gasteiger partial charge in [-0.25, -0.2) is 0 Å². The van der Waals surface area contributed by atoms with Crippen molar-refractivity contribution in [3.05, 3.63) is 0 Å². The molecule has 0 bridgehead atoms. The zero-order chi connectivity index (χ0) is 19.8. The number of hydrogen-bond donors (Lipinski definition) is 0. The highest BCUT2D eigenvalue weighted by molar-refractivity contribution is 5.76. The van der Waals surface area contributed by atoms with Crippen molar-refractivity contribution in [1.82, 2.24) is 4.90 Å². The van der Waals surface area contributed by atoms with Crippen LogP contribution in [0.3, 0.4) is 0 Å². The number of carbonyl (C=O) groups is 1. The van der Waals surface area contributed by atoms with E-state index in [0.717, 1.165) is 32.4 Å². The molecular weight excluding hydrogens is 298 g/mol. The van der Waals surface area contributed by atoms with Gasteiger partial charge in [0.1, 0.15) is 6.61 Å². The minimum Gasteiger partial charge on any atom is -0.464 e. The first kappa shape index (κ1) is 28.2. The third kappa shape index (κ3) is 11.1. The number of hydrogen-bond acceptors (Lipinski definition) is 3. The Kier molecular flexibility index (Phi) is 20.3. The fourth-order valence-electron chi connectivity index (χ4n) is 2.48. The smallest absolute Gasteiger partial charge is 0.312 e. The van der Waals surface area contributed by atoms with E-state index in [0.29, 0.717) is 18.6 Å². The molecule has 0 aliphatic heterocycles. The predicted molar refractivity (Wildman–Crippen MR) is 109 cm³/mol. The third-order valence-corrected chi connectivity index (χ3v) is 4.36. The lowest BCUT2D eigenvalue weighted by atomic mass is 9.75. The molecule has 0 N–H and O–H groups in total. The first-order chi connectivity index (χ1) is 11.3. The van der Waals surface area contributed by atoms with Gasteiger partial charge >= 0.3 is 5.97 Å². The Bertz CT molecular complexity index is 277. The van der Waals surface area contributed by atoms with Gasteiger partial charge in [-0.15, -0.1) is 0 Å². The second-order valence-electron chi connectivity index (χ2n) is 6.59. The quantitative estimate of drug-likeness (QED) is 0.444. The maximum Gasteiger partial charge on any atom is 0.312 e. The van der Waals surface area contributed by atoms with E-state index in [9.17, 15) is 4.79 Å². The van der Waals surface area contributed by atoms with E-state index < -0.39 is 0 Å². The molecule has 0 heterocycles. The van der Waals surface area contributed by atoms with Crippen LogP contribution in [0.4, 0.5) is 0 Å². The van der Waals surface area contributed by atoms with E-state index in [1.54, 1.807) is 0 Å². The SMILES string of the molecule is CC.CC.CCCN(CCOC(=O)C(C)(CCC)C(C)C)C(C)C. The van der Waals surface area contributed by atoms with Gasteiger partial charge in [-0.2, -0.15) is 0 Å². The molecule has 0 spiro atoms. The van der Waals surface area contributed by atoms with Gasteiger partial charge in [0.2, 0.25) is 0 Å². The van der Waals surface area contributed by atoms with Gasteiger partial charge in [0.05, 0.1) is 5.41 Å². The zero-order valence-electron chi connectivity index (χ0n) is 18.7. The van der Waals surface area contributed by atoms with Crippen LogP contribution in [-0.4, -0.2) is 36.6 Å². The van der Waals surface area contributed by atoms with Crippen LogP contribution in [0.2, 0.25) is 0 Å². The van der Waals surface area contributed by atoms with Crippen LogP contribution in [0.5, 0.6) is 0 Å². The van der Waals surface area contributed by atoms with Crippen molar-refractivity contribution in [3.63, 3.8) is 0 Å². The Morgan fingerprint density at radius 3 is 1.79 bits per heavy atom. The fourth-order valence-corrected chi connectivity index (χ4v) is 2.48. The Balaban J connectivity index is -0.00000102. The molecule has 0 rings (SSSR count). The highest BCUT2D eigenvalue weighted by Gasteiger charge is 2.37. The Morgan fingerprint density at radius 2 is 1.46 bits per heavy atom. The number of nitrogens with zero attached hydrogens (tertiary/aromatic N) is 1. The summed E-state index contributed by atoms with van der Waals surface area (Å²) in [7, 11) is 0. The monoisotopic (exact) mass is 345 g/mol. The molecular formula is C21H47NO2. The standard InChI is InChI=1S/C17H35NO2.2C2H6/c1-8-10-17(7,14(3)4)16(19)20-13-12-18(11-9-2)15(5)6;2*1-2/h14-15H,8-13H2,1-7H3;2*1-2H3. The molecule has 0 aromatic heterocycles. The fraction of sp³-hybridized carbons (Fsp3) is 0.952. The van der Waals surface area contributed by atoms with Gasteiger partial charge in [-0.3, -0.25) is 9.69 Å². The topological polar surface area (TPSA) is 29.5 Å². The van der Waals surface area contributed by atoms with Gasteiger partial charge in [0.15, 0.2) is 0 Å². The molecule has 0 aliphatic carbocycles. The van der Waals surface area contributed by atoms with E-state index in [2.05, 4.69) is 46.4 Å². The molecule has 1 unspecified atom stereocenters. The number of rotatable bonds is 10. The van der Waals surface area contributed by atoms with Gasteiger partial charge in [0.25, 0.3) is 0 Å². The lowest BCUT2D eigenvalue weighted by Gasteiger charge is -2.32. The third-order valence-electron chi connectivity index (χ3n) is 4.36. The number of carbonyl (C=O) groups excluding carboxylic acids is 1. The molecule has 3 heteroatoms. The number of ether oxygens (including phenoxy) is 1. The normalized spacial score (nSPS) is 12.9. The molecule has 0 amide bonds. The number of esters is 1. The summed E-state index contributed by atoms with van der Waals surface area (Å²) in [4.78, 5) is 14.7. The molecule has 0 aromatic rings. The van der Waals surface area contributed by atoms with Crippen molar-refractivity contribution >= 4 is 5.97 Å². The molecule has 148 valence electrons. The van der Waals surface area contributed by atoms with Gasteiger partial charge in [-0.1, -0.05) is 61.8 Å². The largest absolute Gasteiger partial charge is 0.464 e. The van der Waals surface area contributed by atoms with E-state index in [1.807, 2.05) is 34.6 Å². The summed E-state index contributed by atoms with van der Waals surface area (Å²) in [5, 5.41) is 0. The highest BCUT2D eigenvalue weighted by Crippen LogP contribution is 2.33. The minimum absolute atomic E-state index is 0.0328. The summed E-state index contributed by atoms with van der Waals surface area (Å²) in [6, 6.07) is 0.501. The van der Waals surface area contributed by atoms with Crippen molar-refractivity contribution in [2.45, 2.75) is 101 Å². The van der Waals surface area contributed by atoms with Crippen molar-refractivity contribution in [2.75, 3.05) is 19.7 Å². The molecule has 0 fully saturated rings. The maximum absolute atomic E-state index is 12.4. The second-order valence-corrected chi connectivity index (χ2v) is 6.59. The molecule has 1 atom stereocenters. The van der Waals surface area contributed by atoms with Gasteiger partial charge in [0, 0.05) is 12.6 Å². The Labute approximate surface area is 153 Å². The molecule has 0 saturated heterocycles. The molecule has 0 aromatic carbocycles. The van der Waals surface area contributed by atoms with Crippen molar-refractivity contribution in [1.29, 1.82) is 0 Å². The molecule has 3 nitrogen and oxygen atoms in total. The van der Waals surface area contributed by atoms with Crippen molar-refractivity contribution in [3.8, 4) is 0 Å². The summed E-state index contributed by atoms with van der Waals surface area (Å²) >= 11 is 0. The minimum atomic E-state index is -0.345. The Morgan fingerprint density at radius 1 is 0.958 bits per heavy atom. The van der Waals surface area contributed by atoms with Gasteiger partial charge < -0.3 is 4.74 Å². The van der Waals surface area contributed by atoms with E-state index in [-0.39, 0.29) is 11.4 Å². The van der Waals surface area contributed by atoms with Crippen molar-refractivity contribution < 1.29 is 9.53 Å². The first-order valence-corrected chi connectivity index (χ1v) is 10.2. The highest BCUT2D eigenvalue weighted by atomic mass is 16.5. The van der Waals surface area contributed by atoms with Crippen LogP contribution < -0.4 is 0 Å². The lowest BCUT2D eigenvalue weighted by molar-refractivity contribution is -0.158. The average molecular weight is 346 g/mol. The predicted octanol–water partition coefficient (Wildman–Crippen LogP) is 6.16. The second kappa shape index (κ2) is 17.3. The summed E-state index contributed by atoms with van der Waals surface area (Å²) in [5.41, 5.74) is -0.345. The van der Waals surface area contributed by atoms with Crippen LogP contribution in [0.1, 0.15) is 95.4 Å². The van der Waals surface area contributed by atoms with Crippen molar-refractivity contribution in [2.24, 2.45) is 11.3 Å². The van der Waals surface area contributed by atoms with Crippen LogP contribution in [-0.2, 0) is 9.53 Å². The summed E-state index contributed by atoms with van der Waals surface area (Å²) in [6.07, 6.45) is 3.04. The summed E-state index contributed by atoms with van der Waals surface area (Å²) in [6.45, 7) is 25.3. The average Bonchev–Trinajstić information content (AvgIpc) is 2.57. The van der Waals surface area contributed by atoms with Gasteiger partial charge in [-0.05, 0) is 46.1 Å². The molecule has 0 saturated carbocycles. The first-order valence-electron chi connectivity index (χ1n) is 10.2. The van der Waals surface area contributed by atoms with E-state index in [1.165, 1.54) is 0 Å². The molecule has 24 heavy (non-hydrogen) atoms. The summed E-state index contributed by atoms with van der Waals surface area (Å²) < 4.78 is 5.57. The van der Waals surface area contributed by atoms with E-state index >= 15 is 0 Å². The zero-order valence-corrected chi connectivity index (χ0v) is 18.7. The van der Waals surface area contributed by atoms with Crippen LogP contribution in [0.15, 0.2) is 0 Å². The van der Waals surface area contributed by atoms with Crippen LogP contribution in [0, 0.1) is 11.3 Å². The lowest BCUT2D eigenvalue weighted by Crippen LogP contribution is -2.38. The van der Waals surface area contributed by atoms with E-state index in [4.69, 9.17) is 4.74 Å². The summed E-state index contributed by atoms with van der Waals surface area (Å²) in [5.74, 6) is 0.279. The molecule has 0 radical (unpaired) electrons. The van der Waals surface area contributed by atoms with Crippen LogP contribution in [0.25, 0.3) is 0 Å².